The maximum Gasteiger partial charge on any atom is 0.231 e. The minimum Gasteiger partial charge on any atom is -0.381 e. The van der Waals surface area contributed by atoms with Crippen LogP contribution in [0, 0.1) is 0 Å². The van der Waals surface area contributed by atoms with Gasteiger partial charge in [0.2, 0.25) is 5.91 Å². The molecule has 3 nitrogen and oxygen atoms in total. The summed E-state index contributed by atoms with van der Waals surface area (Å²) in [7, 11) is 0. The number of benzene rings is 3. The second-order valence-electron chi connectivity index (χ2n) is 7.32. The lowest BCUT2D eigenvalue weighted by Gasteiger charge is -2.37. The van der Waals surface area contributed by atoms with E-state index in [2.05, 4.69) is 54.7 Å². The minimum absolute atomic E-state index is 0.0629. The molecule has 0 radical (unpaired) electrons. The van der Waals surface area contributed by atoms with Gasteiger partial charge >= 0.3 is 0 Å². The third kappa shape index (κ3) is 3.35. The van der Waals surface area contributed by atoms with Gasteiger partial charge in [-0.1, -0.05) is 72.8 Å². The number of ether oxygens (including phenoxy) is 1. The quantitative estimate of drug-likeness (QED) is 0.729. The van der Waals surface area contributed by atoms with Crippen LogP contribution < -0.4 is 5.32 Å². The Morgan fingerprint density at radius 1 is 0.926 bits per heavy atom. The maximum atomic E-state index is 13.5. The Morgan fingerprint density at radius 3 is 2.37 bits per heavy atom. The molecule has 0 aliphatic carbocycles. The van der Waals surface area contributed by atoms with Gasteiger partial charge < -0.3 is 10.1 Å². The zero-order valence-electron chi connectivity index (χ0n) is 15.7. The van der Waals surface area contributed by atoms with Gasteiger partial charge in [-0.3, -0.25) is 4.79 Å². The first-order valence-corrected chi connectivity index (χ1v) is 9.63. The van der Waals surface area contributed by atoms with Gasteiger partial charge in [0.15, 0.2) is 0 Å². The van der Waals surface area contributed by atoms with E-state index in [1.165, 1.54) is 10.8 Å². The zero-order chi connectivity index (χ0) is 18.7. The van der Waals surface area contributed by atoms with Crippen LogP contribution in [0.2, 0.25) is 0 Å². The van der Waals surface area contributed by atoms with Gasteiger partial charge in [-0.05, 0) is 41.7 Å². The van der Waals surface area contributed by atoms with Gasteiger partial charge in [0.25, 0.3) is 0 Å². The topological polar surface area (TPSA) is 38.3 Å². The van der Waals surface area contributed by atoms with E-state index in [4.69, 9.17) is 4.74 Å². The number of hydrogen-bond donors (Lipinski definition) is 1. The fraction of sp³-hybridized carbons (Fsp3) is 0.292. The van der Waals surface area contributed by atoms with Crippen molar-refractivity contribution in [1.82, 2.24) is 5.32 Å². The van der Waals surface area contributed by atoms with Crippen LogP contribution in [0.15, 0.2) is 72.8 Å². The summed E-state index contributed by atoms with van der Waals surface area (Å²) < 4.78 is 5.56. The molecule has 0 bridgehead atoms. The highest BCUT2D eigenvalue weighted by molar-refractivity contribution is 5.90. The standard InChI is InChI=1S/C24H25NO2/c1-18(21-13-7-9-19-8-5-6-12-22(19)21)25-23(26)24(14-16-27-17-15-24)20-10-3-2-4-11-20/h2-13,18H,14-17H2,1H3,(H,25,26). The van der Waals surface area contributed by atoms with Crippen LogP contribution in [-0.4, -0.2) is 19.1 Å². The van der Waals surface area contributed by atoms with Crippen LogP contribution in [0.1, 0.15) is 36.9 Å². The Hall–Kier alpha value is -2.65. The number of rotatable bonds is 4. The molecule has 1 unspecified atom stereocenters. The van der Waals surface area contributed by atoms with Crippen molar-refractivity contribution < 1.29 is 9.53 Å². The Bertz CT molecular complexity index is 924. The number of nitrogens with one attached hydrogen (secondary N) is 1. The third-order valence-electron chi connectivity index (χ3n) is 5.74. The first-order chi connectivity index (χ1) is 13.2. The van der Waals surface area contributed by atoms with E-state index in [0.717, 1.165) is 11.1 Å². The predicted octanol–water partition coefficient (Wildman–Crippen LogP) is 4.77. The predicted molar refractivity (Wildman–Crippen MR) is 109 cm³/mol. The van der Waals surface area contributed by atoms with Gasteiger partial charge in [0.1, 0.15) is 0 Å². The third-order valence-corrected chi connectivity index (χ3v) is 5.74. The molecular weight excluding hydrogens is 334 g/mol. The first kappa shape index (κ1) is 17.7. The van der Waals surface area contributed by atoms with Crippen molar-refractivity contribution in [2.75, 3.05) is 13.2 Å². The van der Waals surface area contributed by atoms with Crippen LogP contribution >= 0.6 is 0 Å². The van der Waals surface area contributed by atoms with Crippen molar-refractivity contribution in [2.24, 2.45) is 0 Å². The second-order valence-corrected chi connectivity index (χ2v) is 7.32. The summed E-state index contributed by atoms with van der Waals surface area (Å²) in [5.41, 5.74) is 1.71. The molecule has 1 saturated heterocycles. The van der Waals surface area contributed by atoms with Gasteiger partial charge in [-0.25, -0.2) is 0 Å². The van der Waals surface area contributed by atoms with E-state index in [9.17, 15) is 4.79 Å². The molecule has 3 heteroatoms. The van der Waals surface area contributed by atoms with E-state index in [0.29, 0.717) is 26.1 Å². The summed E-state index contributed by atoms with van der Waals surface area (Å²) in [5, 5.41) is 5.69. The summed E-state index contributed by atoms with van der Waals surface area (Å²) >= 11 is 0. The van der Waals surface area contributed by atoms with Crippen molar-refractivity contribution in [1.29, 1.82) is 0 Å². The maximum absolute atomic E-state index is 13.5. The monoisotopic (exact) mass is 359 g/mol. The van der Waals surface area contributed by atoms with E-state index in [-0.39, 0.29) is 11.9 Å². The normalized spacial score (nSPS) is 17.4. The highest BCUT2D eigenvalue weighted by Gasteiger charge is 2.42. The lowest BCUT2D eigenvalue weighted by Crippen LogP contribution is -2.48. The van der Waals surface area contributed by atoms with Crippen molar-refractivity contribution in [3.05, 3.63) is 83.9 Å². The molecule has 3 aromatic rings. The first-order valence-electron chi connectivity index (χ1n) is 9.63. The molecule has 1 aliphatic heterocycles. The molecule has 0 spiro atoms. The van der Waals surface area contributed by atoms with E-state index >= 15 is 0 Å². The summed E-state index contributed by atoms with van der Waals surface area (Å²) in [6, 6.07) is 24.7. The lowest BCUT2D eigenvalue weighted by molar-refractivity contribution is -0.131. The Labute approximate surface area is 160 Å². The van der Waals surface area contributed by atoms with Gasteiger partial charge in [-0.15, -0.1) is 0 Å². The van der Waals surface area contributed by atoms with Crippen LogP contribution in [0.25, 0.3) is 10.8 Å². The molecule has 1 fully saturated rings. The number of hydrogen-bond acceptors (Lipinski definition) is 2. The highest BCUT2D eigenvalue weighted by atomic mass is 16.5. The van der Waals surface area contributed by atoms with Crippen molar-refractivity contribution in [2.45, 2.75) is 31.2 Å². The smallest absolute Gasteiger partial charge is 0.231 e. The molecule has 0 saturated carbocycles. The molecule has 1 amide bonds. The largest absolute Gasteiger partial charge is 0.381 e. The van der Waals surface area contributed by atoms with Crippen LogP contribution in [0.4, 0.5) is 0 Å². The zero-order valence-corrected chi connectivity index (χ0v) is 15.7. The number of carbonyl (C=O) groups excluding carboxylic acids is 1. The Balaban J connectivity index is 1.65. The van der Waals surface area contributed by atoms with Crippen LogP contribution in [0.5, 0.6) is 0 Å². The lowest BCUT2D eigenvalue weighted by atomic mass is 9.73. The molecule has 138 valence electrons. The van der Waals surface area contributed by atoms with Gasteiger partial charge in [0, 0.05) is 13.2 Å². The molecule has 1 atom stereocenters. The van der Waals surface area contributed by atoms with Crippen LogP contribution in [-0.2, 0) is 14.9 Å². The van der Waals surface area contributed by atoms with Crippen molar-refractivity contribution in [3.63, 3.8) is 0 Å². The number of fused-ring (bicyclic) bond motifs is 1. The highest BCUT2D eigenvalue weighted by Crippen LogP contribution is 2.36. The molecule has 27 heavy (non-hydrogen) atoms. The van der Waals surface area contributed by atoms with Crippen molar-refractivity contribution >= 4 is 16.7 Å². The van der Waals surface area contributed by atoms with Gasteiger partial charge in [0.05, 0.1) is 11.5 Å². The fourth-order valence-corrected chi connectivity index (χ4v) is 4.16. The SMILES string of the molecule is CC(NC(=O)C1(c2ccccc2)CCOCC1)c1cccc2ccccc12. The average Bonchev–Trinajstić information content (AvgIpc) is 2.74. The summed E-state index contributed by atoms with van der Waals surface area (Å²) in [4.78, 5) is 13.5. The number of amides is 1. The average molecular weight is 359 g/mol. The Kier molecular flexibility index (Phi) is 4.95. The van der Waals surface area contributed by atoms with E-state index in [1.54, 1.807) is 0 Å². The Morgan fingerprint density at radius 2 is 1.59 bits per heavy atom. The minimum atomic E-state index is -0.516. The molecule has 4 rings (SSSR count). The molecule has 1 heterocycles. The molecule has 0 aromatic heterocycles. The summed E-state index contributed by atoms with van der Waals surface area (Å²) in [6.07, 6.45) is 1.43. The van der Waals surface area contributed by atoms with E-state index < -0.39 is 5.41 Å². The molecule has 1 N–H and O–H groups in total. The summed E-state index contributed by atoms with van der Waals surface area (Å²) in [5.74, 6) is 0.0948. The fourth-order valence-electron chi connectivity index (χ4n) is 4.16. The van der Waals surface area contributed by atoms with E-state index in [1.807, 2.05) is 30.3 Å². The number of carbonyl (C=O) groups is 1. The van der Waals surface area contributed by atoms with Crippen molar-refractivity contribution in [3.8, 4) is 0 Å². The van der Waals surface area contributed by atoms with Crippen LogP contribution in [0.3, 0.4) is 0 Å². The molecule has 3 aromatic carbocycles. The second kappa shape index (κ2) is 7.53. The molecule has 1 aliphatic rings. The summed E-state index contributed by atoms with van der Waals surface area (Å²) in [6.45, 7) is 3.30. The van der Waals surface area contributed by atoms with Gasteiger partial charge in [-0.2, -0.15) is 0 Å². The molecular formula is C24H25NO2.